The summed E-state index contributed by atoms with van der Waals surface area (Å²) in [6.45, 7) is 6.46. The largest absolute Gasteiger partial charge is 0.337 e. The van der Waals surface area contributed by atoms with Gasteiger partial charge in [0.2, 0.25) is 0 Å². The first-order valence-corrected chi connectivity index (χ1v) is 8.05. The summed E-state index contributed by atoms with van der Waals surface area (Å²) in [4.78, 5) is 4.07. The van der Waals surface area contributed by atoms with Crippen molar-refractivity contribution >= 4 is 36.4 Å². The fourth-order valence-electron chi connectivity index (χ4n) is 2.79. The predicted octanol–water partition coefficient (Wildman–Crippen LogP) is 5.08. The van der Waals surface area contributed by atoms with E-state index in [1.165, 1.54) is 5.56 Å². The van der Waals surface area contributed by atoms with Crippen molar-refractivity contribution in [3.05, 3.63) is 53.6 Å². The van der Waals surface area contributed by atoms with Crippen LogP contribution in [-0.2, 0) is 12.1 Å². The molecule has 2 aromatic rings. The van der Waals surface area contributed by atoms with Crippen LogP contribution in [0.5, 0.6) is 0 Å². The van der Waals surface area contributed by atoms with Crippen LogP contribution in [0.3, 0.4) is 0 Å². The van der Waals surface area contributed by atoms with Crippen molar-refractivity contribution in [1.82, 2.24) is 14.9 Å². The van der Waals surface area contributed by atoms with E-state index in [-0.39, 0.29) is 30.4 Å². The van der Waals surface area contributed by atoms with Gasteiger partial charge in [-0.25, -0.2) is 4.98 Å². The van der Waals surface area contributed by atoms with E-state index in [0.29, 0.717) is 0 Å². The van der Waals surface area contributed by atoms with Crippen LogP contribution in [-0.4, -0.2) is 16.1 Å². The third kappa shape index (κ3) is 6.00. The molecule has 0 atom stereocenters. The molecule has 0 aliphatic rings. The summed E-state index contributed by atoms with van der Waals surface area (Å²) in [7, 11) is 0. The number of aromatic nitrogens is 2. The molecule has 0 spiro atoms. The number of nitrogens with one attached hydrogen (secondary N) is 1. The van der Waals surface area contributed by atoms with Crippen molar-refractivity contribution in [1.29, 1.82) is 0 Å². The number of aryl methyl sites for hydroxylation is 1. The minimum Gasteiger partial charge on any atom is -0.337 e. The first kappa shape index (κ1) is 22.3. The molecule has 1 N–H and O–H groups in total. The molecule has 1 aromatic carbocycles. The molecule has 0 unspecified atom stereocenters. The van der Waals surface area contributed by atoms with E-state index >= 15 is 0 Å². The highest BCUT2D eigenvalue weighted by Crippen LogP contribution is 2.29. The SMILES string of the molecule is CCC(CC)(NCCCn1ccnc1)c1ccc(Cl)cc1.Cl.Cl. The summed E-state index contributed by atoms with van der Waals surface area (Å²) in [5.74, 6) is 0. The molecular formula is C17H26Cl3N3. The maximum atomic E-state index is 6.00. The van der Waals surface area contributed by atoms with Crippen molar-refractivity contribution < 1.29 is 0 Å². The Morgan fingerprint density at radius 3 is 2.30 bits per heavy atom. The number of nitrogens with zero attached hydrogens (tertiary/aromatic N) is 2. The highest BCUT2D eigenvalue weighted by molar-refractivity contribution is 6.30. The average molecular weight is 379 g/mol. The Hall–Kier alpha value is -0.740. The van der Waals surface area contributed by atoms with Crippen LogP contribution in [0.4, 0.5) is 0 Å². The number of benzene rings is 1. The van der Waals surface area contributed by atoms with Gasteiger partial charge in [0, 0.05) is 29.5 Å². The zero-order chi connectivity index (χ0) is 15.1. The normalized spacial score (nSPS) is 10.7. The summed E-state index contributed by atoms with van der Waals surface area (Å²) in [5.41, 5.74) is 1.36. The molecule has 0 amide bonds. The second-order valence-electron chi connectivity index (χ2n) is 5.38. The van der Waals surface area contributed by atoms with Crippen LogP contribution in [0.25, 0.3) is 0 Å². The Labute approximate surface area is 156 Å². The third-order valence-corrected chi connectivity index (χ3v) is 4.47. The van der Waals surface area contributed by atoms with Crippen molar-refractivity contribution in [2.45, 2.75) is 45.2 Å². The van der Waals surface area contributed by atoms with Crippen LogP contribution < -0.4 is 5.32 Å². The standard InChI is InChI=1S/C17H24ClN3.2ClH/c1-3-17(4-2,15-6-8-16(18)9-7-15)20-10-5-12-21-13-11-19-14-21;;/h6-9,11,13-14,20H,3-5,10,12H2,1-2H3;2*1H. The topological polar surface area (TPSA) is 29.9 Å². The molecule has 0 fully saturated rings. The number of imidazole rings is 1. The molecule has 0 saturated carbocycles. The summed E-state index contributed by atoms with van der Waals surface area (Å²) >= 11 is 6.00. The Kier molecular flexibility index (Phi) is 10.6. The maximum absolute atomic E-state index is 6.00. The van der Waals surface area contributed by atoms with Crippen LogP contribution in [0.2, 0.25) is 5.02 Å². The fraction of sp³-hybridized carbons (Fsp3) is 0.471. The molecule has 0 aliphatic carbocycles. The zero-order valence-corrected chi connectivity index (χ0v) is 16.1. The lowest BCUT2D eigenvalue weighted by atomic mass is 9.84. The van der Waals surface area contributed by atoms with Gasteiger partial charge in [0.1, 0.15) is 0 Å². The van der Waals surface area contributed by atoms with Crippen LogP contribution in [0.15, 0.2) is 43.0 Å². The molecule has 0 saturated heterocycles. The van der Waals surface area contributed by atoms with E-state index < -0.39 is 0 Å². The molecule has 1 aromatic heterocycles. The monoisotopic (exact) mass is 377 g/mol. The number of hydrogen-bond donors (Lipinski definition) is 1. The molecule has 0 bridgehead atoms. The molecule has 0 radical (unpaired) electrons. The van der Waals surface area contributed by atoms with E-state index in [2.05, 4.69) is 40.8 Å². The lowest BCUT2D eigenvalue weighted by molar-refractivity contribution is 0.304. The molecule has 0 aliphatic heterocycles. The molecule has 2 rings (SSSR count). The minimum absolute atomic E-state index is 0. The van der Waals surface area contributed by atoms with E-state index in [4.69, 9.17) is 11.6 Å². The smallest absolute Gasteiger partial charge is 0.0945 e. The second kappa shape index (κ2) is 10.9. The van der Waals surface area contributed by atoms with Gasteiger partial charge in [-0.15, -0.1) is 24.8 Å². The van der Waals surface area contributed by atoms with Crippen LogP contribution in [0, 0.1) is 0 Å². The lowest BCUT2D eigenvalue weighted by Gasteiger charge is -2.34. The molecule has 23 heavy (non-hydrogen) atoms. The Morgan fingerprint density at radius 2 is 1.78 bits per heavy atom. The summed E-state index contributed by atoms with van der Waals surface area (Å²) in [6.07, 6.45) is 8.92. The minimum atomic E-state index is 0. The maximum Gasteiger partial charge on any atom is 0.0945 e. The van der Waals surface area contributed by atoms with Crippen molar-refractivity contribution in [2.24, 2.45) is 0 Å². The lowest BCUT2D eigenvalue weighted by Crippen LogP contribution is -2.42. The van der Waals surface area contributed by atoms with E-state index in [1.54, 1.807) is 0 Å². The fourth-order valence-corrected chi connectivity index (χ4v) is 2.91. The number of rotatable bonds is 8. The van der Waals surface area contributed by atoms with Crippen molar-refractivity contribution in [3.63, 3.8) is 0 Å². The average Bonchev–Trinajstić information content (AvgIpc) is 3.02. The van der Waals surface area contributed by atoms with Gasteiger partial charge >= 0.3 is 0 Å². The summed E-state index contributed by atoms with van der Waals surface area (Å²) in [6, 6.07) is 8.23. The van der Waals surface area contributed by atoms with Gasteiger partial charge in [0.15, 0.2) is 0 Å². The summed E-state index contributed by atoms with van der Waals surface area (Å²) in [5, 5.41) is 4.55. The van der Waals surface area contributed by atoms with Crippen molar-refractivity contribution in [3.8, 4) is 0 Å². The number of halogens is 3. The molecule has 3 nitrogen and oxygen atoms in total. The quantitative estimate of drug-likeness (QED) is 0.649. The van der Waals surface area contributed by atoms with E-state index in [1.807, 2.05) is 30.9 Å². The highest BCUT2D eigenvalue weighted by atomic mass is 35.5. The zero-order valence-electron chi connectivity index (χ0n) is 13.7. The molecule has 1 heterocycles. The van der Waals surface area contributed by atoms with Gasteiger partial charge in [0.05, 0.1) is 6.33 Å². The van der Waals surface area contributed by atoms with Gasteiger partial charge in [-0.2, -0.15) is 0 Å². The van der Waals surface area contributed by atoms with Gasteiger partial charge in [-0.05, 0) is 43.5 Å². The molecular weight excluding hydrogens is 353 g/mol. The first-order valence-electron chi connectivity index (χ1n) is 7.67. The van der Waals surface area contributed by atoms with Gasteiger partial charge in [-0.1, -0.05) is 37.6 Å². The van der Waals surface area contributed by atoms with Crippen LogP contribution >= 0.6 is 36.4 Å². The first-order chi connectivity index (χ1) is 10.2. The Balaban J connectivity index is 0.00000242. The van der Waals surface area contributed by atoms with Gasteiger partial charge < -0.3 is 9.88 Å². The molecule has 6 heteroatoms. The highest BCUT2D eigenvalue weighted by Gasteiger charge is 2.27. The summed E-state index contributed by atoms with van der Waals surface area (Å²) < 4.78 is 2.11. The van der Waals surface area contributed by atoms with Crippen molar-refractivity contribution in [2.75, 3.05) is 6.54 Å². The Morgan fingerprint density at radius 1 is 1.13 bits per heavy atom. The third-order valence-electron chi connectivity index (χ3n) is 4.22. The van der Waals surface area contributed by atoms with E-state index in [9.17, 15) is 0 Å². The Bertz CT molecular complexity index is 523. The van der Waals surface area contributed by atoms with Gasteiger partial charge in [0.25, 0.3) is 0 Å². The second-order valence-corrected chi connectivity index (χ2v) is 5.81. The van der Waals surface area contributed by atoms with Crippen LogP contribution in [0.1, 0.15) is 38.7 Å². The molecule has 130 valence electrons. The number of hydrogen-bond acceptors (Lipinski definition) is 2. The van der Waals surface area contributed by atoms with E-state index in [0.717, 1.165) is 37.4 Å². The predicted molar refractivity (Wildman–Crippen MR) is 103 cm³/mol. The van der Waals surface area contributed by atoms with Gasteiger partial charge in [-0.3, -0.25) is 0 Å².